The number of ether oxygens (including phenoxy) is 4. The van der Waals surface area contributed by atoms with Gasteiger partial charge in [-0.05, 0) is 42.9 Å². The second-order valence-corrected chi connectivity index (χ2v) is 16.2. The van der Waals surface area contributed by atoms with Crippen LogP contribution in [0.3, 0.4) is 0 Å². The van der Waals surface area contributed by atoms with Crippen LogP contribution in [0.2, 0.25) is 0 Å². The van der Waals surface area contributed by atoms with Gasteiger partial charge < -0.3 is 39.4 Å². The fraction of sp³-hybridized carbons (Fsp3) is 0.711. The van der Waals surface area contributed by atoms with E-state index >= 15 is 0 Å². The zero-order valence-corrected chi connectivity index (χ0v) is 30.1. The van der Waals surface area contributed by atoms with Gasteiger partial charge in [0.25, 0.3) is 0 Å². The Morgan fingerprint density at radius 3 is 2.22 bits per heavy atom. The summed E-state index contributed by atoms with van der Waals surface area (Å²) in [5.74, 6) is -4.29. The Kier molecular flexibility index (Phi) is 9.97. The Labute approximate surface area is 289 Å². The van der Waals surface area contributed by atoms with Crippen LogP contribution in [0, 0.1) is 34.5 Å². The molecule has 2 saturated carbocycles. The summed E-state index contributed by atoms with van der Waals surface area (Å²) in [6, 6.07) is 8.25. The molecule has 2 bridgehead atoms. The number of esters is 3. The molecule has 0 amide bonds. The van der Waals surface area contributed by atoms with Crippen LogP contribution in [0.4, 0.5) is 0 Å². The highest BCUT2D eigenvalue weighted by Crippen LogP contribution is 2.66. The molecule has 0 aromatic heterocycles. The monoisotopic (exact) mass is 686 g/mol. The standard InChI is InChI=1S/C38H54O11/c1-19(2)15-20(3)29(41)34(44)47-25-17-38(45)32(48-33(43)24-13-11-10-12-14-24)30-36(9,31(42)22(5)28(21(25)4)35(38,7)8)26(40)16-27-37(30,18-46-27)49-23(6)39/h10-14,19-20,22,25-27,29-32,40-42,45H,15-18H2,1-9H3/t20-,22-,25-,26-,27+,29?,30-,31-,32-,36+,37-,38+/m0/s1. The quantitative estimate of drug-likeness (QED) is 0.179. The molecule has 3 aliphatic carbocycles. The van der Waals surface area contributed by atoms with Crippen molar-refractivity contribution in [3.8, 4) is 0 Å². The molecule has 0 radical (unpaired) electrons. The van der Waals surface area contributed by atoms with E-state index in [1.54, 1.807) is 71.9 Å². The van der Waals surface area contributed by atoms with E-state index in [1.807, 2.05) is 13.8 Å². The van der Waals surface area contributed by atoms with Gasteiger partial charge in [0.1, 0.15) is 23.9 Å². The zero-order chi connectivity index (χ0) is 36.4. The topological polar surface area (TPSA) is 169 Å². The molecule has 12 atom stereocenters. The van der Waals surface area contributed by atoms with Gasteiger partial charge in [-0.15, -0.1) is 0 Å². The maximum atomic E-state index is 14.0. The molecule has 272 valence electrons. The smallest absolute Gasteiger partial charge is 0.338 e. The average molecular weight is 687 g/mol. The lowest BCUT2D eigenvalue weighted by molar-refractivity contribution is -0.363. The van der Waals surface area contributed by atoms with E-state index in [-0.39, 0.29) is 30.9 Å². The normalized spacial score (nSPS) is 39.3. The first-order valence-corrected chi connectivity index (χ1v) is 17.5. The Morgan fingerprint density at radius 1 is 1.04 bits per heavy atom. The van der Waals surface area contributed by atoms with Gasteiger partial charge in [0, 0.05) is 36.5 Å². The number of hydrogen-bond acceptors (Lipinski definition) is 11. The second kappa shape index (κ2) is 13.1. The fourth-order valence-corrected chi connectivity index (χ4v) is 9.83. The minimum absolute atomic E-state index is 0.0376. The van der Waals surface area contributed by atoms with Gasteiger partial charge in [-0.2, -0.15) is 0 Å². The van der Waals surface area contributed by atoms with Crippen LogP contribution in [0.5, 0.6) is 0 Å². The van der Waals surface area contributed by atoms with Crippen molar-refractivity contribution in [2.45, 2.75) is 129 Å². The molecule has 1 aromatic rings. The zero-order valence-electron chi connectivity index (χ0n) is 30.1. The molecule has 11 heteroatoms. The third kappa shape index (κ3) is 5.83. The van der Waals surface area contributed by atoms with Crippen molar-refractivity contribution in [1.82, 2.24) is 0 Å². The Hall–Kier alpha value is -2.83. The number of benzene rings is 1. The molecule has 1 aromatic carbocycles. The molecule has 11 nitrogen and oxygen atoms in total. The summed E-state index contributed by atoms with van der Waals surface area (Å²) in [7, 11) is 0. The van der Waals surface area contributed by atoms with E-state index < -0.39 is 94.3 Å². The van der Waals surface area contributed by atoms with Gasteiger partial charge in [0.2, 0.25) is 0 Å². The highest BCUT2D eigenvalue weighted by Gasteiger charge is 2.77. The number of rotatable bonds is 8. The van der Waals surface area contributed by atoms with Gasteiger partial charge in [-0.1, -0.05) is 72.2 Å². The van der Waals surface area contributed by atoms with Crippen molar-refractivity contribution >= 4 is 17.9 Å². The first kappa shape index (κ1) is 37.4. The Balaban J connectivity index is 1.73. The summed E-state index contributed by atoms with van der Waals surface area (Å²) < 4.78 is 24.4. The minimum Gasteiger partial charge on any atom is -0.456 e. The highest BCUT2D eigenvalue weighted by atomic mass is 16.6. The van der Waals surface area contributed by atoms with Gasteiger partial charge >= 0.3 is 17.9 Å². The van der Waals surface area contributed by atoms with Crippen LogP contribution in [-0.4, -0.2) is 92.8 Å². The third-order valence-electron chi connectivity index (χ3n) is 12.4. The maximum Gasteiger partial charge on any atom is 0.338 e. The van der Waals surface area contributed by atoms with Crippen LogP contribution < -0.4 is 0 Å². The van der Waals surface area contributed by atoms with Crippen molar-refractivity contribution in [2.75, 3.05) is 6.61 Å². The van der Waals surface area contributed by atoms with Crippen LogP contribution in [0.15, 0.2) is 41.5 Å². The van der Waals surface area contributed by atoms with Crippen molar-refractivity contribution in [3.63, 3.8) is 0 Å². The molecule has 1 unspecified atom stereocenters. The van der Waals surface area contributed by atoms with E-state index in [0.717, 1.165) is 0 Å². The molecular weight excluding hydrogens is 632 g/mol. The van der Waals surface area contributed by atoms with E-state index in [1.165, 1.54) is 6.92 Å². The van der Waals surface area contributed by atoms with Gasteiger partial charge in [0.05, 0.1) is 30.3 Å². The van der Waals surface area contributed by atoms with Crippen molar-refractivity contribution < 1.29 is 53.8 Å². The molecule has 1 heterocycles. The van der Waals surface area contributed by atoms with Crippen molar-refractivity contribution in [2.24, 2.45) is 34.5 Å². The first-order chi connectivity index (χ1) is 22.7. The minimum atomic E-state index is -2.02. The summed E-state index contributed by atoms with van der Waals surface area (Å²) in [5, 5.41) is 48.7. The molecule has 49 heavy (non-hydrogen) atoms. The van der Waals surface area contributed by atoms with Crippen LogP contribution in [-0.2, 0) is 28.5 Å². The van der Waals surface area contributed by atoms with Gasteiger partial charge in [-0.3, -0.25) is 4.79 Å². The van der Waals surface area contributed by atoms with Crippen LogP contribution >= 0.6 is 0 Å². The van der Waals surface area contributed by atoms with Crippen LogP contribution in [0.25, 0.3) is 0 Å². The molecule has 0 spiro atoms. The van der Waals surface area contributed by atoms with E-state index in [4.69, 9.17) is 18.9 Å². The number of carbonyl (C=O) groups is 3. The summed E-state index contributed by atoms with van der Waals surface area (Å²) in [5.41, 5.74) is -4.82. The number of aliphatic hydroxyl groups excluding tert-OH is 3. The molecule has 5 rings (SSSR count). The highest BCUT2D eigenvalue weighted by molar-refractivity contribution is 5.89. The number of fused-ring (bicyclic) bond motifs is 5. The van der Waals surface area contributed by atoms with Crippen molar-refractivity contribution in [1.29, 1.82) is 0 Å². The number of aliphatic hydroxyl groups is 4. The molecular formula is C38H54O11. The summed E-state index contributed by atoms with van der Waals surface area (Å²) in [4.78, 5) is 40.3. The lowest BCUT2D eigenvalue weighted by atomic mass is 9.43. The second-order valence-electron chi connectivity index (χ2n) is 16.2. The van der Waals surface area contributed by atoms with E-state index in [9.17, 15) is 34.8 Å². The number of carbonyl (C=O) groups excluding carboxylic acids is 3. The van der Waals surface area contributed by atoms with E-state index in [0.29, 0.717) is 17.6 Å². The molecule has 3 fully saturated rings. The maximum absolute atomic E-state index is 14.0. The summed E-state index contributed by atoms with van der Waals surface area (Å²) >= 11 is 0. The van der Waals surface area contributed by atoms with Crippen molar-refractivity contribution in [3.05, 3.63) is 47.0 Å². The molecule has 1 saturated heterocycles. The molecule has 1 aliphatic heterocycles. The lowest BCUT2D eigenvalue weighted by Gasteiger charge is -2.69. The summed E-state index contributed by atoms with van der Waals surface area (Å²) in [6.07, 6.45) is -6.94. The predicted octanol–water partition coefficient (Wildman–Crippen LogP) is 3.74. The molecule has 4 N–H and O–H groups in total. The largest absolute Gasteiger partial charge is 0.456 e. The Bertz CT molecular complexity index is 1470. The average Bonchev–Trinajstić information content (AvgIpc) is 3.02. The van der Waals surface area contributed by atoms with E-state index in [2.05, 4.69) is 0 Å². The SMILES string of the molecule is CC(=O)O[C@@]12CO[C@@H]1C[C@H](O)[C@]1(C)[C@@H]2[C@H](OC(=O)c2ccccc2)[C@]2(O)C[C@H](OC(=O)C(O)[C@@H](C)CC(C)C)C(C)=C([C@H](C)[C@@H]1O)C2(C)C. The number of hydrogen-bond donors (Lipinski definition) is 4. The summed E-state index contributed by atoms with van der Waals surface area (Å²) in [6.45, 7) is 15.8. The third-order valence-corrected chi connectivity index (χ3v) is 12.4. The van der Waals surface area contributed by atoms with Gasteiger partial charge in [0.15, 0.2) is 11.7 Å². The van der Waals surface area contributed by atoms with Gasteiger partial charge in [-0.25, -0.2) is 9.59 Å². The fourth-order valence-electron chi connectivity index (χ4n) is 9.83. The molecule has 4 aliphatic rings. The lowest BCUT2D eigenvalue weighted by Crippen LogP contribution is -2.81. The first-order valence-electron chi connectivity index (χ1n) is 17.5. The predicted molar refractivity (Wildman–Crippen MR) is 178 cm³/mol. The Morgan fingerprint density at radius 2 is 1.67 bits per heavy atom. The van der Waals surface area contributed by atoms with Crippen LogP contribution in [0.1, 0.15) is 91.9 Å².